The number of hydrogen-bond donors (Lipinski definition) is 0. The molecule has 28 heavy (non-hydrogen) atoms. The van der Waals surface area contributed by atoms with Crippen LogP contribution in [0.15, 0.2) is 0 Å². The fourth-order valence-electron chi connectivity index (χ4n) is 1.17. The Hall–Kier alpha value is -1.52. The highest BCUT2D eigenvalue weighted by atomic mass is 19.4. The third-order valence-corrected chi connectivity index (χ3v) is 2.92. The summed E-state index contributed by atoms with van der Waals surface area (Å²) < 4.78 is 177. The van der Waals surface area contributed by atoms with Crippen LogP contribution in [-0.4, -0.2) is 55.0 Å². The molecule has 0 aromatic carbocycles. The number of rotatable bonds is 8. The molecule has 17 heteroatoms. The van der Waals surface area contributed by atoms with Crippen LogP contribution in [0.1, 0.15) is 13.8 Å². The van der Waals surface area contributed by atoms with Crippen molar-refractivity contribution >= 4 is 5.97 Å². The zero-order chi connectivity index (χ0) is 23.2. The van der Waals surface area contributed by atoms with Crippen LogP contribution in [0.5, 0.6) is 0 Å². The summed E-state index contributed by atoms with van der Waals surface area (Å²) >= 11 is 0. The van der Waals surface area contributed by atoms with Crippen LogP contribution in [0.4, 0.5) is 57.1 Å². The number of esters is 1. The highest BCUT2D eigenvalue weighted by Gasteiger charge is 2.82. The van der Waals surface area contributed by atoms with Crippen LogP contribution < -0.4 is 0 Å². The summed E-state index contributed by atoms with van der Waals surface area (Å²) in [6, 6.07) is 0. The Kier molecular flexibility index (Phi) is 6.68. The lowest BCUT2D eigenvalue weighted by molar-refractivity contribution is -0.534. The monoisotopic (exact) mass is 452 g/mol. The zero-order valence-corrected chi connectivity index (χ0v) is 13.5. The van der Waals surface area contributed by atoms with E-state index in [0.717, 1.165) is 0 Å². The minimum atomic E-state index is -7.40. The highest BCUT2D eigenvalue weighted by molar-refractivity contribution is 5.78. The van der Waals surface area contributed by atoms with Gasteiger partial charge in [-0.3, -0.25) is 9.47 Å². The molecule has 0 fully saturated rings. The topological polar surface area (TPSA) is 44.8 Å². The molecular formula is C11H9F13O4. The Balaban J connectivity index is 6.33. The molecule has 4 nitrogen and oxygen atoms in total. The van der Waals surface area contributed by atoms with Crippen LogP contribution in [0.2, 0.25) is 0 Å². The fourth-order valence-corrected chi connectivity index (χ4v) is 1.17. The predicted octanol–water partition coefficient (Wildman–Crippen LogP) is 4.58. The number of carbonyl (C=O) groups excluding carboxylic acids is 1. The second kappa shape index (κ2) is 7.07. The Morgan fingerprint density at radius 3 is 1.36 bits per heavy atom. The second-order valence-corrected chi connectivity index (χ2v) is 5.20. The van der Waals surface area contributed by atoms with Crippen molar-refractivity contribution in [2.45, 2.75) is 55.8 Å². The molecular weight excluding hydrogens is 443 g/mol. The van der Waals surface area contributed by atoms with Crippen molar-refractivity contribution in [3.8, 4) is 0 Å². The van der Waals surface area contributed by atoms with Crippen molar-refractivity contribution in [1.29, 1.82) is 0 Å². The van der Waals surface area contributed by atoms with Crippen molar-refractivity contribution in [2.75, 3.05) is 7.11 Å². The van der Waals surface area contributed by atoms with E-state index in [1.54, 1.807) is 0 Å². The summed E-state index contributed by atoms with van der Waals surface area (Å²) in [5.74, 6) is -27.4. The van der Waals surface area contributed by atoms with Crippen LogP contribution in [0, 0.1) is 0 Å². The van der Waals surface area contributed by atoms with E-state index >= 15 is 0 Å². The minimum Gasteiger partial charge on any atom is -0.464 e. The quantitative estimate of drug-likeness (QED) is 0.400. The fraction of sp³-hybridized carbons (Fsp3) is 0.909. The summed E-state index contributed by atoms with van der Waals surface area (Å²) in [5, 5.41) is 0. The maximum Gasteiger partial charge on any atom is 0.458 e. The van der Waals surface area contributed by atoms with Gasteiger partial charge >= 0.3 is 42.1 Å². The molecule has 0 aromatic heterocycles. The molecule has 168 valence electrons. The molecule has 2 unspecified atom stereocenters. The van der Waals surface area contributed by atoms with E-state index in [0.29, 0.717) is 0 Å². The van der Waals surface area contributed by atoms with Crippen LogP contribution in [0.25, 0.3) is 0 Å². The first kappa shape index (κ1) is 26.5. The lowest BCUT2D eigenvalue weighted by Crippen LogP contribution is -2.66. The Morgan fingerprint density at radius 1 is 0.679 bits per heavy atom. The molecule has 0 aliphatic heterocycles. The van der Waals surface area contributed by atoms with Crippen molar-refractivity contribution in [1.82, 2.24) is 0 Å². The van der Waals surface area contributed by atoms with Gasteiger partial charge in [-0.2, -0.15) is 43.9 Å². The number of halogens is 13. The first-order chi connectivity index (χ1) is 11.9. The number of methoxy groups -OCH3 is 1. The van der Waals surface area contributed by atoms with Gasteiger partial charge in [0.2, 0.25) is 0 Å². The largest absolute Gasteiger partial charge is 0.464 e. The predicted molar refractivity (Wildman–Crippen MR) is 59.1 cm³/mol. The van der Waals surface area contributed by atoms with E-state index in [2.05, 4.69) is 9.47 Å². The molecule has 0 aliphatic carbocycles. The maximum absolute atomic E-state index is 13.8. The average molecular weight is 452 g/mol. The first-order valence-corrected chi connectivity index (χ1v) is 6.34. The lowest BCUT2D eigenvalue weighted by Gasteiger charge is -2.40. The van der Waals surface area contributed by atoms with Gasteiger partial charge in [0.1, 0.15) is 0 Å². The van der Waals surface area contributed by atoms with E-state index in [1.807, 2.05) is 4.74 Å². The summed E-state index contributed by atoms with van der Waals surface area (Å²) in [6.07, 6.45) is -21.5. The van der Waals surface area contributed by atoms with Gasteiger partial charge in [-0.15, -0.1) is 0 Å². The van der Waals surface area contributed by atoms with Gasteiger partial charge in [0, 0.05) is 13.8 Å². The number of alkyl halides is 13. The van der Waals surface area contributed by atoms with Crippen molar-refractivity contribution in [3.63, 3.8) is 0 Å². The molecule has 0 aliphatic rings. The summed E-state index contributed by atoms with van der Waals surface area (Å²) in [5.41, 5.74) is 0. The highest BCUT2D eigenvalue weighted by Crippen LogP contribution is 2.54. The van der Waals surface area contributed by atoms with Gasteiger partial charge in [0.15, 0.2) is 0 Å². The van der Waals surface area contributed by atoms with E-state index in [9.17, 15) is 61.9 Å². The van der Waals surface area contributed by atoms with Gasteiger partial charge in [0.05, 0.1) is 7.11 Å². The second-order valence-electron chi connectivity index (χ2n) is 5.20. The van der Waals surface area contributed by atoms with Gasteiger partial charge in [-0.05, 0) is 0 Å². The van der Waals surface area contributed by atoms with Gasteiger partial charge in [0.25, 0.3) is 5.85 Å². The molecule has 0 aromatic rings. The van der Waals surface area contributed by atoms with Gasteiger partial charge in [-0.25, -0.2) is 18.0 Å². The standard InChI is InChI=1S/C11H9F13O4/c1-5(12,13)6(2,14)27-11(23,24)8(17,9(18,19)20)28-10(21,22)7(15,16)4(25)26-3/h1-3H3. The molecule has 0 spiro atoms. The third kappa shape index (κ3) is 4.55. The molecule has 2 atom stereocenters. The first-order valence-electron chi connectivity index (χ1n) is 6.34. The molecule has 0 bridgehead atoms. The molecule has 0 saturated carbocycles. The van der Waals surface area contributed by atoms with E-state index in [4.69, 9.17) is 0 Å². The van der Waals surface area contributed by atoms with E-state index in [-0.39, 0.29) is 7.11 Å². The van der Waals surface area contributed by atoms with Crippen LogP contribution in [-0.2, 0) is 19.0 Å². The normalized spacial score (nSPS) is 19.0. The minimum absolute atomic E-state index is 0.00830. The zero-order valence-electron chi connectivity index (χ0n) is 13.5. The Morgan fingerprint density at radius 2 is 1.07 bits per heavy atom. The molecule has 0 radical (unpaired) electrons. The van der Waals surface area contributed by atoms with E-state index in [1.165, 1.54) is 0 Å². The molecule has 0 saturated heterocycles. The number of carbonyl (C=O) groups is 1. The van der Waals surface area contributed by atoms with Crippen LogP contribution in [0.3, 0.4) is 0 Å². The van der Waals surface area contributed by atoms with Crippen LogP contribution >= 0.6 is 0 Å². The number of hydrogen-bond acceptors (Lipinski definition) is 4. The summed E-state index contributed by atoms with van der Waals surface area (Å²) in [6.45, 7) is -1.17. The molecule has 0 N–H and O–H groups in total. The smallest absolute Gasteiger partial charge is 0.458 e. The number of ether oxygens (including phenoxy) is 3. The Labute approximate surface area is 146 Å². The van der Waals surface area contributed by atoms with E-state index < -0.39 is 61.8 Å². The van der Waals surface area contributed by atoms with Crippen molar-refractivity contribution in [3.05, 3.63) is 0 Å². The van der Waals surface area contributed by atoms with Crippen molar-refractivity contribution in [2.24, 2.45) is 0 Å². The van der Waals surface area contributed by atoms with Gasteiger partial charge in [-0.1, -0.05) is 0 Å². The lowest BCUT2D eigenvalue weighted by atomic mass is 10.2. The molecule has 0 heterocycles. The Bertz CT molecular complexity index is 580. The maximum atomic E-state index is 13.8. The third-order valence-electron chi connectivity index (χ3n) is 2.92. The SMILES string of the molecule is COC(=O)C(F)(F)C(F)(F)OC(F)(C(F)(F)F)C(F)(F)OC(C)(F)C(C)(F)F. The molecule has 0 rings (SSSR count). The summed E-state index contributed by atoms with van der Waals surface area (Å²) in [7, 11) is 0.00830. The molecule has 0 amide bonds. The summed E-state index contributed by atoms with van der Waals surface area (Å²) in [4.78, 5) is 10.5. The van der Waals surface area contributed by atoms with Crippen molar-refractivity contribution < 1.29 is 76.1 Å². The average Bonchev–Trinajstić information content (AvgIpc) is 2.41. The van der Waals surface area contributed by atoms with Gasteiger partial charge < -0.3 is 4.74 Å².